The van der Waals surface area contributed by atoms with Gasteiger partial charge in [-0.1, -0.05) is 13.3 Å². The quantitative estimate of drug-likeness (QED) is 0.346. The molecule has 0 aromatic carbocycles. The molecule has 0 aromatic rings. The SMILES string of the molecule is CCCCON=NO. The van der Waals surface area contributed by atoms with Gasteiger partial charge in [0.2, 0.25) is 0 Å². The molecule has 0 fully saturated rings. The molecule has 4 nitrogen and oxygen atoms in total. The van der Waals surface area contributed by atoms with Gasteiger partial charge in [0.25, 0.3) is 0 Å². The van der Waals surface area contributed by atoms with E-state index in [9.17, 15) is 0 Å². The fourth-order valence-electron chi connectivity index (χ4n) is 0.276. The van der Waals surface area contributed by atoms with Crippen LogP contribution in [0.3, 0.4) is 0 Å². The average Bonchev–Trinajstić information content (AvgIpc) is 1.81. The maximum atomic E-state index is 7.70. The summed E-state index contributed by atoms with van der Waals surface area (Å²) in [6.45, 7) is 2.57. The number of hydrogen-bond acceptors (Lipinski definition) is 3. The summed E-state index contributed by atoms with van der Waals surface area (Å²) in [5, 5.41) is 13.0. The third-order valence-electron chi connectivity index (χ3n) is 0.683. The normalized spacial score (nSPS) is 10.1. The Labute approximate surface area is 48.1 Å². The Kier molecular flexibility index (Phi) is 5.58. The van der Waals surface area contributed by atoms with Crippen LogP contribution in [0.1, 0.15) is 19.8 Å². The van der Waals surface area contributed by atoms with Crippen LogP contribution in [0.5, 0.6) is 0 Å². The minimum Gasteiger partial charge on any atom is -0.392 e. The molecule has 0 aromatic heterocycles. The van der Waals surface area contributed by atoms with Crippen LogP contribution in [0.25, 0.3) is 0 Å². The molecule has 0 rings (SSSR count). The molecule has 8 heavy (non-hydrogen) atoms. The van der Waals surface area contributed by atoms with Gasteiger partial charge < -0.3 is 10.0 Å². The second-order valence-corrected chi connectivity index (χ2v) is 1.36. The smallest absolute Gasteiger partial charge is 0.119 e. The van der Waals surface area contributed by atoms with Crippen LogP contribution in [-0.4, -0.2) is 11.8 Å². The van der Waals surface area contributed by atoms with Gasteiger partial charge in [-0.25, -0.2) is 0 Å². The minimum atomic E-state index is 0.528. The van der Waals surface area contributed by atoms with E-state index in [1.165, 1.54) is 0 Å². The van der Waals surface area contributed by atoms with E-state index in [0.29, 0.717) is 6.61 Å². The molecular formula is C4H10N2O2. The maximum Gasteiger partial charge on any atom is 0.119 e. The molecule has 1 N–H and O–H groups in total. The molecule has 0 spiro atoms. The summed E-state index contributed by atoms with van der Waals surface area (Å²) >= 11 is 0. The Morgan fingerprint density at radius 2 is 2.38 bits per heavy atom. The zero-order valence-corrected chi connectivity index (χ0v) is 4.87. The van der Waals surface area contributed by atoms with Crippen molar-refractivity contribution < 1.29 is 10.0 Å². The van der Waals surface area contributed by atoms with E-state index < -0.39 is 0 Å². The summed E-state index contributed by atoms with van der Waals surface area (Å²) in [6.07, 6.45) is 2.00. The lowest BCUT2D eigenvalue weighted by Gasteiger charge is -1.90. The Bertz CT molecular complexity index is 65.1. The summed E-state index contributed by atoms with van der Waals surface area (Å²) in [5.41, 5.74) is 0. The molecule has 0 saturated carbocycles. The molecule has 0 radical (unpaired) electrons. The van der Waals surface area contributed by atoms with Crippen molar-refractivity contribution in [2.75, 3.05) is 6.61 Å². The van der Waals surface area contributed by atoms with Crippen molar-refractivity contribution in [2.45, 2.75) is 19.8 Å². The Morgan fingerprint density at radius 1 is 1.62 bits per heavy atom. The first kappa shape index (κ1) is 7.20. The van der Waals surface area contributed by atoms with Crippen LogP contribution in [0.2, 0.25) is 0 Å². The lowest BCUT2D eigenvalue weighted by Crippen LogP contribution is -1.83. The van der Waals surface area contributed by atoms with Crippen LogP contribution in [0.15, 0.2) is 10.6 Å². The molecule has 4 heteroatoms. The predicted molar refractivity (Wildman–Crippen MR) is 27.5 cm³/mol. The number of nitrogens with zero attached hydrogens (tertiary/aromatic N) is 2. The van der Waals surface area contributed by atoms with Gasteiger partial charge in [0.15, 0.2) is 0 Å². The molecule has 0 bridgehead atoms. The van der Waals surface area contributed by atoms with Crippen molar-refractivity contribution in [2.24, 2.45) is 10.6 Å². The summed E-state index contributed by atoms with van der Waals surface area (Å²) in [7, 11) is 0. The fraction of sp³-hybridized carbons (Fsp3) is 1.00. The van der Waals surface area contributed by atoms with Crippen molar-refractivity contribution in [3.63, 3.8) is 0 Å². The molecular weight excluding hydrogens is 108 g/mol. The Balaban J connectivity index is 2.72. The number of rotatable bonds is 4. The second-order valence-electron chi connectivity index (χ2n) is 1.36. The molecule has 0 aliphatic heterocycles. The van der Waals surface area contributed by atoms with Gasteiger partial charge in [0, 0.05) is 0 Å². The standard InChI is InChI=1S/C4H10N2O2/c1-2-3-4-8-6-5-7/h2-4H2,1H3,(H,6,7). The van der Waals surface area contributed by atoms with E-state index in [2.05, 4.69) is 15.4 Å². The van der Waals surface area contributed by atoms with E-state index in [1.807, 2.05) is 6.92 Å². The van der Waals surface area contributed by atoms with Gasteiger partial charge in [-0.2, -0.15) is 0 Å². The van der Waals surface area contributed by atoms with E-state index >= 15 is 0 Å². The zero-order valence-electron chi connectivity index (χ0n) is 4.87. The molecule has 0 atom stereocenters. The van der Waals surface area contributed by atoms with Crippen LogP contribution in [0, 0.1) is 0 Å². The monoisotopic (exact) mass is 118 g/mol. The van der Waals surface area contributed by atoms with Gasteiger partial charge >= 0.3 is 0 Å². The first-order valence-electron chi connectivity index (χ1n) is 2.58. The van der Waals surface area contributed by atoms with Gasteiger partial charge in [-0.3, -0.25) is 0 Å². The third kappa shape index (κ3) is 5.20. The van der Waals surface area contributed by atoms with Crippen molar-refractivity contribution in [3.05, 3.63) is 0 Å². The van der Waals surface area contributed by atoms with Gasteiger partial charge in [-0.15, -0.1) is 0 Å². The molecule has 0 heterocycles. The minimum absolute atomic E-state index is 0.528. The van der Waals surface area contributed by atoms with Gasteiger partial charge in [0.05, 0.1) is 10.6 Å². The highest BCUT2D eigenvalue weighted by atomic mass is 16.7. The summed E-state index contributed by atoms with van der Waals surface area (Å²) in [5.74, 6) is 0. The fourth-order valence-corrected chi connectivity index (χ4v) is 0.276. The molecule has 0 unspecified atom stereocenters. The van der Waals surface area contributed by atoms with Crippen molar-refractivity contribution in [3.8, 4) is 0 Å². The summed E-state index contributed by atoms with van der Waals surface area (Å²) in [6, 6.07) is 0. The Hall–Kier alpha value is -0.800. The third-order valence-corrected chi connectivity index (χ3v) is 0.683. The van der Waals surface area contributed by atoms with E-state index in [1.54, 1.807) is 0 Å². The summed E-state index contributed by atoms with van der Waals surface area (Å²) < 4.78 is 0. The zero-order chi connectivity index (χ0) is 6.24. The van der Waals surface area contributed by atoms with Crippen LogP contribution in [0.4, 0.5) is 0 Å². The van der Waals surface area contributed by atoms with Crippen LogP contribution < -0.4 is 0 Å². The maximum absolute atomic E-state index is 7.70. The average molecular weight is 118 g/mol. The molecule has 0 amide bonds. The van der Waals surface area contributed by atoms with Crippen LogP contribution in [-0.2, 0) is 4.84 Å². The Morgan fingerprint density at radius 3 is 2.88 bits per heavy atom. The largest absolute Gasteiger partial charge is 0.392 e. The molecule has 48 valence electrons. The van der Waals surface area contributed by atoms with Gasteiger partial charge in [-0.05, 0) is 6.42 Å². The molecule has 0 aliphatic carbocycles. The molecule has 0 saturated heterocycles. The number of hydrogen-bond donors (Lipinski definition) is 1. The first-order chi connectivity index (χ1) is 3.91. The van der Waals surface area contributed by atoms with E-state index in [-0.39, 0.29) is 0 Å². The topological polar surface area (TPSA) is 54.2 Å². The first-order valence-corrected chi connectivity index (χ1v) is 2.58. The number of unbranched alkanes of at least 4 members (excludes halogenated alkanes) is 1. The van der Waals surface area contributed by atoms with Crippen molar-refractivity contribution in [1.29, 1.82) is 0 Å². The van der Waals surface area contributed by atoms with Crippen molar-refractivity contribution >= 4 is 0 Å². The highest BCUT2D eigenvalue weighted by Crippen LogP contribution is 1.87. The predicted octanol–water partition coefficient (Wildman–Crippen LogP) is 1.56. The lowest BCUT2D eigenvalue weighted by molar-refractivity contribution is 0.0806. The highest BCUT2D eigenvalue weighted by molar-refractivity contribution is 4.26. The van der Waals surface area contributed by atoms with Gasteiger partial charge in [0.1, 0.15) is 6.61 Å². The lowest BCUT2D eigenvalue weighted by atomic mass is 10.4. The second kappa shape index (κ2) is 6.20. The van der Waals surface area contributed by atoms with E-state index in [0.717, 1.165) is 12.8 Å². The molecule has 0 aliphatic rings. The summed E-state index contributed by atoms with van der Waals surface area (Å²) in [4.78, 5) is 4.43. The highest BCUT2D eigenvalue weighted by Gasteiger charge is 1.79. The van der Waals surface area contributed by atoms with Crippen LogP contribution >= 0.6 is 0 Å². The van der Waals surface area contributed by atoms with E-state index in [4.69, 9.17) is 5.21 Å². The van der Waals surface area contributed by atoms with Crippen molar-refractivity contribution in [1.82, 2.24) is 0 Å².